The molecule has 0 fully saturated rings. The maximum absolute atomic E-state index is 12.6. The first-order valence-electron chi connectivity index (χ1n) is 9.03. The number of para-hydroxylation sites is 2. The lowest BCUT2D eigenvalue weighted by molar-refractivity contribution is -0.122. The SMILES string of the molecule is CCn1c(=O)n(CC(=O)N[C@@H](C)Cc2ccccc2C)c2ccccc21. The Hall–Kier alpha value is -2.82. The maximum Gasteiger partial charge on any atom is 0.329 e. The van der Waals surface area contributed by atoms with Crippen LogP contribution in [0.4, 0.5) is 0 Å². The molecule has 2 aromatic carbocycles. The standard InChI is InChI=1S/C21H25N3O2/c1-4-23-18-11-7-8-12-19(18)24(21(23)26)14-20(25)22-16(3)13-17-10-6-5-9-15(17)2/h5-12,16H,4,13-14H2,1-3H3,(H,22,25)/t16-/m0/s1. The van der Waals surface area contributed by atoms with Crippen molar-refractivity contribution in [3.05, 3.63) is 70.1 Å². The highest BCUT2D eigenvalue weighted by atomic mass is 16.2. The quantitative estimate of drug-likeness (QED) is 0.742. The van der Waals surface area contributed by atoms with Crippen molar-refractivity contribution in [2.45, 2.75) is 46.3 Å². The number of aryl methyl sites for hydroxylation is 2. The third-order valence-electron chi connectivity index (χ3n) is 4.74. The molecular weight excluding hydrogens is 326 g/mol. The first-order valence-corrected chi connectivity index (χ1v) is 9.03. The van der Waals surface area contributed by atoms with E-state index in [1.54, 1.807) is 9.13 Å². The summed E-state index contributed by atoms with van der Waals surface area (Å²) in [5.74, 6) is -0.146. The topological polar surface area (TPSA) is 56.0 Å². The smallest absolute Gasteiger partial charge is 0.329 e. The fraction of sp³-hybridized carbons (Fsp3) is 0.333. The van der Waals surface area contributed by atoms with Crippen LogP contribution in [0.5, 0.6) is 0 Å². The summed E-state index contributed by atoms with van der Waals surface area (Å²) in [5.41, 5.74) is 3.95. The number of fused-ring (bicyclic) bond motifs is 1. The van der Waals surface area contributed by atoms with Crippen molar-refractivity contribution >= 4 is 16.9 Å². The highest BCUT2D eigenvalue weighted by molar-refractivity contribution is 5.81. The van der Waals surface area contributed by atoms with Crippen LogP contribution in [0.3, 0.4) is 0 Å². The summed E-state index contributed by atoms with van der Waals surface area (Å²) in [5, 5.41) is 3.02. The first kappa shape index (κ1) is 18.0. The molecule has 0 unspecified atom stereocenters. The van der Waals surface area contributed by atoms with Crippen LogP contribution >= 0.6 is 0 Å². The minimum Gasteiger partial charge on any atom is -0.352 e. The van der Waals surface area contributed by atoms with E-state index in [-0.39, 0.29) is 24.2 Å². The third-order valence-corrected chi connectivity index (χ3v) is 4.74. The van der Waals surface area contributed by atoms with Gasteiger partial charge in [-0.15, -0.1) is 0 Å². The number of nitrogens with zero attached hydrogens (tertiary/aromatic N) is 2. The number of aromatic nitrogens is 2. The summed E-state index contributed by atoms with van der Waals surface area (Å²) in [7, 11) is 0. The summed E-state index contributed by atoms with van der Waals surface area (Å²) in [6, 6.07) is 15.8. The van der Waals surface area contributed by atoms with Crippen LogP contribution in [0.25, 0.3) is 11.0 Å². The normalized spacial score (nSPS) is 12.3. The van der Waals surface area contributed by atoms with E-state index in [0.717, 1.165) is 17.5 Å². The predicted octanol–water partition coefficient (Wildman–Crippen LogP) is 2.88. The molecule has 0 aliphatic heterocycles. The van der Waals surface area contributed by atoms with Crippen molar-refractivity contribution in [3.8, 4) is 0 Å². The molecule has 0 aliphatic rings. The Morgan fingerprint density at radius 1 is 1.04 bits per heavy atom. The number of nitrogens with one attached hydrogen (secondary N) is 1. The minimum absolute atomic E-state index is 0.00109. The van der Waals surface area contributed by atoms with Gasteiger partial charge in [-0.05, 0) is 50.5 Å². The van der Waals surface area contributed by atoms with Gasteiger partial charge in [-0.3, -0.25) is 13.9 Å². The molecule has 3 rings (SSSR count). The lowest BCUT2D eigenvalue weighted by Crippen LogP contribution is -2.38. The summed E-state index contributed by atoms with van der Waals surface area (Å²) in [4.78, 5) is 25.1. The van der Waals surface area contributed by atoms with Gasteiger partial charge in [0.25, 0.3) is 0 Å². The number of amides is 1. The highest BCUT2D eigenvalue weighted by Gasteiger charge is 2.16. The zero-order valence-electron chi connectivity index (χ0n) is 15.5. The number of hydrogen-bond donors (Lipinski definition) is 1. The molecule has 136 valence electrons. The van der Waals surface area contributed by atoms with Crippen molar-refractivity contribution in [3.63, 3.8) is 0 Å². The van der Waals surface area contributed by atoms with Gasteiger partial charge in [0.1, 0.15) is 6.54 Å². The number of benzene rings is 2. The van der Waals surface area contributed by atoms with Gasteiger partial charge in [0.15, 0.2) is 0 Å². The number of imidazole rings is 1. The van der Waals surface area contributed by atoms with Gasteiger partial charge in [-0.25, -0.2) is 4.79 Å². The number of hydrogen-bond acceptors (Lipinski definition) is 2. The second kappa shape index (κ2) is 7.60. The van der Waals surface area contributed by atoms with Crippen LogP contribution in [0.1, 0.15) is 25.0 Å². The van der Waals surface area contributed by atoms with Gasteiger partial charge in [-0.1, -0.05) is 36.4 Å². The summed E-state index contributed by atoms with van der Waals surface area (Å²) in [6.07, 6.45) is 0.768. The Morgan fingerprint density at radius 3 is 2.31 bits per heavy atom. The van der Waals surface area contributed by atoms with Crippen LogP contribution in [0.2, 0.25) is 0 Å². The Kier molecular flexibility index (Phi) is 5.26. The second-order valence-corrected chi connectivity index (χ2v) is 6.70. The maximum atomic E-state index is 12.6. The van der Waals surface area contributed by atoms with Crippen LogP contribution < -0.4 is 11.0 Å². The highest BCUT2D eigenvalue weighted by Crippen LogP contribution is 2.13. The first-order chi connectivity index (χ1) is 12.5. The molecular formula is C21H25N3O2. The molecule has 3 aromatic rings. The van der Waals surface area contributed by atoms with Crippen molar-refractivity contribution in [2.24, 2.45) is 0 Å². The molecule has 0 saturated carbocycles. The van der Waals surface area contributed by atoms with Gasteiger partial charge in [0, 0.05) is 12.6 Å². The molecule has 26 heavy (non-hydrogen) atoms. The molecule has 0 radical (unpaired) electrons. The molecule has 1 amide bonds. The summed E-state index contributed by atoms with van der Waals surface area (Å²) < 4.78 is 3.24. The predicted molar refractivity (Wildman–Crippen MR) is 104 cm³/mol. The molecule has 0 saturated heterocycles. The molecule has 0 bridgehead atoms. The van der Waals surface area contributed by atoms with E-state index in [1.807, 2.05) is 50.2 Å². The number of carbonyl (C=O) groups is 1. The van der Waals surface area contributed by atoms with E-state index in [9.17, 15) is 9.59 Å². The largest absolute Gasteiger partial charge is 0.352 e. The Labute approximate surface area is 153 Å². The molecule has 1 N–H and O–H groups in total. The van der Waals surface area contributed by atoms with Crippen LogP contribution in [-0.2, 0) is 24.3 Å². The van der Waals surface area contributed by atoms with Crippen LogP contribution in [0, 0.1) is 6.92 Å². The molecule has 1 atom stereocenters. The summed E-state index contributed by atoms with van der Waals surface area (Å²) >= 11 is 0. The average Bonchev–Trinajstić information content (AvgIpc) is 2.88. The zero-order chi connectivity index (χ0) is 18.7. The average molecular weight is 351 g/mol. The van der Waals surface area contributed by atoms with Crippen molar-refractivity contribution in [2.75, 3.05) is 0 Å². The van der Waals surface area contributed by atoms with Crippen LogP contribution in [0.15, 0.2) is 53.3 Å². The van der Waals surface area contributed by atoms with Gasteiger partial charge in [0.05, 0.1) is 11.0 Å². The van der Waals surface area contributed by atoms with Crippen molar-refractivity contribution < 1.29 is 4.79 Å². The van der Waals surface area contributed by atoms with Crippen molar-refractivity contribution in [1.29, 1.82) is 0 Å². The second-order valence-electron chi connectivity index (χ2n) is 6.70. The van der Waals surface area contributed by atoms with Gasteiger partial charge >= 0.3 is 5.69 Å². The molecule has 0 aliphatic carbocycles. The van der Waals surface area contributed by atoms with Gasteiger partial charge in [-0.2, -0.15) is 0 Å². The van der Waals surface area contributed by atoms with Gasteiger partial charge < -0.3 is 5.32 Å². The van der Waals surface area contributed by atoms with E-state index in [4.69, 9.17) is 0 Å². The van der Waals surface area contributed by atoms with E-state index < -0.39 is 0 Å². The van der Waals surface area contributed by atoms with Crippen LogP contribution in [-0.4, -0.2) is 21.1 Å². The minimum atomic E-state index is -0.146. The summed E-state index contributed by atoms with van der Waals surface area (Å²) in [6.45, 7) is 6.61. The number of rotatable bonds is 6. The third kappa shape index (κ3) is 3.57. The molecule has 0 spiro atoms. The zero-order valence-corrected chi connectivity index (χ0v) is 15.5. The Morgan fingerprint density at radius 2 is 1.65 bits per heavy atom. The monoisotopic (exact) mass is 351 g/mol. The molecule has 1 aromatic heterocycles. The fourth-order valence-electron chi connectivity index (χ4n) is 3.41. The fourth-order valence-corrected chi connectivity index (χ4v) is 3.41. The van der Waals surface area contributed by atoms with Gasteiger partial charge in [0.2, 0.25) is 5.91 Å². The van der Waals surface area contributed by atoms with E-state index >= 15 is 0 Å². The van der Waals surface area contributed by atoms with E-state index in [2.05, 4.69) is 24.4 Å². The molecule has 5 nitrogen and oxygen atoms in total. The Balaban J connectivity index is 1.74. The van der Waals surface area contributed by atoms with Crippen molar-refractivity contribution in [1.82, 2.24) is 14.5 Å². The molecule has 1 heterocycles. The lowest BCUT2D eigenvalue weighted by atomic mass is 10.0. The van der Waals surface area contributed by atoms with E-state index in [1.165, 1.54) is 11.1 Å². The van der Waals surface area contributed by atoms with E-state index in [0.29, 0.717) is 6.54 Å². The lowest BCUT2D eigenvalue weighted by Gasteiger charge is -2.15. The Bertz CT molecular complexity index is 984. The molecule has 5 heteroatoms. The number of carbonyl (C=O) groups excluding carboxylic acids is 1.